The number of anilines is 3. The minimum atomic E-state index is -0.158. The lowest BCUT2D eigenvalue weighted by Gasteiger charge is -2.34. The fourth-order valence-corrected chi connectivity index (χ4v) is 4.29. The molecule has 0 atom stereocenters. The summed E-state index contributed by atoms with van der Waals surface area (Å²) in [4.78, 5) is 29.9. The van der Waals surface area contributed by atoms with Crippen molar-refractivity contribution in [3.8, 4) is 0 Å². The van der Waals surface area contributed by atoms with E-state index in [0.717, 1.165) is 35.9 Å². The first-order chi connectivity index (χ1) is 15.9. The van der Waals surface area contributed by atoms with Gasteiger partial charge in [0.15, 0.2) is 0 Å². The summed E-state index contributed by atoms with van der Waals surface area (Å²) < 4.78 is 0. The van der Waals surface area contributed by atoms with E-state index in [1.54, 1.807) is 35.2 Å². The minimum absolute atomic E-state index is 0.0791. The summed E-state index contributed by atoms with van der Waals surface area (Å²) in [6.07, 6.45) is 2.34. The van der Waals surface area contributed by atoms with Gasteiger partial charge in [-0.15, -0.1) is 0 Å². The molecule has 0 bridgehead atoms. The Morgan fingerprint density at radius 2 is 1.55 bits per heavy atom. The van der Waals surface area contributed by atoms with Crippen molar-refractivity contribution >= 4 is 28.9 Å². The highest BCUT2D eigenvalue weighted by atomic mass is 16.2. The van der Waals surface area contributed by atoms with E-state index < -0.39 is 0 Å². The van der Waals surface area contributed by atoms with E-state index in [-0.39, 0.29) is 11.8 Å². The summed E-state index contributed by atoms with van der Waals surface area (Å²) in [6.45, 7) is 6.23. The van der Waals surface area contributed by atoms with Crippen LogP contribution in [0.3, 0.4) is 0 Å². The van der Waals surface area contributed by atoms with Crippen LogP contribution < -0.4 is 15.1 Å². The molecule has 170 valence electrons. The smallest absolute Gasteiger partial charge is 0.258 e. The number of nitrogens with one attached hydrogen (secondary N) is 1. The third kappa shape index (κ3) is 5.08. The summed E-state index contributed by atoms with van der Waals surface area (Å²) in [5.41, 5.74) is 4.81. The van der Waals surface area contributed by atoms with Gasteiger partial charge in [-0.25, -0.2) is 0 Å². The second kappa shape index (κ2) is 9.90. The normalized spacial score (nSPS) is 14.1. The first kappa shape index (κ1) is 22.6. The molecule has 1 saturated heterocycles. The molecule has 1 N–H and O–H groups in total. The number of carbonyl (C=O) groups excluding carboxylic acids is 2. The van der Waals surface area contributed by atoms with Crippen LogP contribution in [0.2, 0.25) is 0 Å². The van der Waals surface area contributed by atoms with Crippen molar-refractivity contribution in [2.75, 3.05) is 35.3 Å². The number of carbonyl (C=O) groups is 2. The summed E-state index contributed by atoms with van der Waals surface area (Å²) in [7, 11) is 1.82. The largest absolute Gasteiger partial charge is 0.370 e. The third-order valence-electron chi connectivity index (χ3n) is 6.45. The fourth-order valence-electron chi connectivity index (χ4n) is 4.29. The SMILES string of the molecule is Cc1ccccc1C(=O)Nc1ccc(C(=O)N(C)c2ccccc2N2CCC(C)CC2)cc1. The number of aryl methyl sites for hydroxylation is 1. The lowest BCUT2D eigenvalue weighted by molar-refractivity contribution is 0.0991. The summed E-state index contributed by atoms with van der Waals surface area (Å²) >= 11 is 0. The first-order valence-corrected chi connectivity index (χ1v) is 11.5. The van der Waals surface area contributed by atoms with Crippen LogP contribution in [-0.2, 0) is 0 Å². The van der Waals surface area contributed by atoms with Crippen molar-refractivity contribution in [2.45, 2.75) is 26.7 Å². The molecule has 0 aromatic heterocycles. The molecule has 3 aromatic rings. The zero-order chi connectivity index (χ0) is 23.4. The maximum Gasteiger partial charge on any atom is 0.258 e. The van der Waals surface area contributed by atoms with Crippen LogP contribution in [0.4, 0.5) is 17.1 Å². The molecule has 0 aliphatic carbocycles. The zero-order valence-corrected chi connectivity index (χ0v) is 19.5. The van der Waals surface area contributed by atoms with E-state index in [2.05, 4.69) is 23.2 Å². The molecule has 0 unspecified atom stereocenters. The summed E-state index contributed by atoms with van der Waals surface area (Å²) in [6, 6.07) is 22.6. The van der Waals surface area contributed by atoms with Gasteiger partial charge in [-0.1, -0.05) is 37.3 Å². The second-order valence-corrected chi connectivity index (χ2v) is 8.87. The minimum Gasteiger partial charge on any atom is -0.370 e. The topological polar surface area (TPSA) is 52.7 Å². The molecule has 0 spiro atoms. The number of hydrogen-bond donors (Lipinski definition) is 1. The van der Waals surface area contributed by atoms with E-state index in [9.17, 15) is 9.59 Å². The van der Waals surface area contributed by atoms with E-state index in [1.807, 2.05) is 50.4 Å². The maximum atomic E-state index is 13.3. The fraction of sp³-hybridized carbons (Fsp3) is 0.286. The van der Waals surface area contributed by atoms with Gasteiger partial charge in [-0.05, 0) is 73.7 Å². The first-order valence-electron chi connectivity index (χ1n) is 11.5. The van der Waals surface area contributed by atoms with Gasteiger partial charge in [0.1, 0.15) is 0 Å². The van der Waals surface area contributed by atoms with E-state index in [0.29, 0.717) is 16.8 Å². The standard InChI is InChI=1S/C28H31N3O2/c1-20-16-18-31(19-17-20)26-11-7-6-10-25(26)30(3)28(33)22-12-14-23(15-13-22)29-27(32)24-9-5-4-8-21(24)2/h4-15,20H,16-19H2,1-3H3,(H,29,32). The van der Waals surface area contributed by atoms with E-state index >= 15 is 0 Å². The van der Waals surface area contributed by atoms with Gasteiger partial charge < -0.3 is 15.1 Å². The zero-order valence-electron chi connectivity index (χ0n) is 19.5. The molecule has 2 amide bonds. The van der Waals surface area contributed by atoms with Crippen LogP contribution in [0, 0.1) is 12.8 Å². The summed E-state index contributed by atoms with van der Waals surface area (Å²) in [5.74, 6) is 0.510. The van der Waals surface area contributed by atoms with Crippen molar-refractivity contribution in [1.29, 1.82) is 0 Å². The molecule has 1 fully saturated rings. The Hall–Kier alpha value is -3.60. The molecule has 0 saturated carbocycles. The van der Waals surface area contributed by atoms with Crippen LogP contribution in [0.1, 0.15) is 46.0 Å². The Kier molecular flexibility index (Phi) is 6.78. The average Bonchev–Trinajstić information content (AvgIpc) is 2.84. The van der Waals surface area contributed by atoms with Gasteiger partial charge in [0, 0.05) is 37.0 Å². The van der Waals surface area contributed by atoms with Crippen LogP contribution in [-0.4, -0.2) is 32.0 Å². The number of nitrogens with zero attached hydrogens (tertiary/aromatic N) is 2. The molecule has 0 radical (unpaired) electrons. The molecular formula is C28H31N3O2. The Bertz CT molecular complexity index is 1130. The monoisotopic (exact) mass is 441 g/mol. The number of hydrogen-bond acceptors (Lipinski definition) is 3. The Balaban J connectivity index is 1.48. The van der Waals surface area contributed by atoms with E-state index in [4.69, 9.17) is 0 Å². The predicted octanol–water partition coefficient (Wildman–Crippen LogP) is 5.76. The molecule has 5 nitrogen and oxygen atoms in total. The molecular weight excluding hydrogens is 410 g/mol. The lowest BCUT2D eigenvalue weighted by Crippen LogP contribution is -2.35. The predicted molar refractivity (Wildman–Crippen MR) is 135 cm³/mol. The molecule has 1 heterocycles. The second-order valence-electron chi connectivity index (χ2n) is 8.87. The number of para-hydroxylation sites is 2. The van der Waals surface area contributed by atoms with Gasteiger partial charge >= 0.3 is 0 Å². The third-order valence-corrected chi connectivity index (χ3v) is 6.45. The van der Waals surface area contributed by atoms with Crippen molar-refractivity contribution in [3.63, 3.8) is 0 Å². The quantitative estimate of drug-likeness (QED) is 0.548. The summed E-state index contributed by atoms with van der Waals surface area (Å²) in [5, 5.41) is 2.91. The number of amides is 2. The highest BCUT2D eigenvalue weighted by Gasteiger charge is 2.22. The number of benzene rings is 3. The highest BCUT2D eigenvalue weighted by molar-refractivity contribution is 6.08. The van der Waals surface area contributed by atoms with Crippen molar-refractivity contribution in [1.82, 2.24) is 0 Å². The number of piperidine rings is 1. The van der Waals surface area contributed by atoms with Crippen LogP contribution in [0.25, 0.3) is 0 Å². The van der Waals surface area contributed by atoms with Gasteiger partial charge in [-0.2, -0.15) is 0 Å². The Morgan fingerprint density at radius 3 is 2.24 bits per heavy atom. The lowest BCUT2D eigenvalue weighted by atomic mass is 9.98. The van der Waals surface area contributed by atoms with Crippen molar-refractivity contribution in [3.05, 3.63) is 89.5 Å². The van der Waals surface area contributed by atoms with Crippen LogP contribution in [0.15, 0.2) is 72.8 Å². The number of rotatable bonds is 5. The van der Waals surface area contributed by atoms with Crippen LogP contribution in [0.5, 0.6) is 0 Å². The Morgan fingerprint density at radius 1 is 0.909 bits per heavy atom. The van der Waals surface area contributed by atoms with Gasteiger partial charge in [0.25, 0.3) is 11.8 Å². The van der Waals surface area contributed by atoms with Gasteiger partial charge in [-0.3, -0.25) is 9.59 Å². The molecule has 33 heavy (non-hydrogen) atoms. The Labute approximate surface area is 196 Å². The van der Waals surface area contributed by atoms with Gasteiger partial charge in [0.2, 0.25) is 0 Å². The molecule has 5 heteroatoms. The average molecular weight is 442 g/mol. The molecule has 1 aliphatic rings. The maximum absolute atomic E-state index is 13.3. The van der Waals surface area contributed by atoms with Crippen molar-refractivity contribution in [2.24, 2.45) is 5.92 Å². The molecule has 3 aromatic carbocycles. The highest BCUT2D eigenvalue weighted by Crippen LogP contribution is 2.32. The molecule has 1 aliphatic heterocycles. The van der Waals surface area contributed by atoms with Crippen LogP contribution >= 0.6 is 0 Å². The van der Waals surface area contributed by atoms with Crippen molar-refractivity contribution < 1.29 is 9.59 Å². The molecule has 4 rings (SSSR count). The van der Waals surface area contributed by atoms with E-state index in [1.165, 1.54) is 12.8 Å². The van der Waals surface area contributed by atoms with Gasteiger partial charge in [0.05, 0.1) is 11.4 Å².